The Hall–Kier alpha value is -0.670. The molecular formula is C11H15NOS. The molecule has 0 aromatic carbocycles. The van der Waals surface area contributed by atoms with Gasteiger partial charge in [-0.15, -0.1) is 11.3 Å². The van der Waals surface area contributed by atoms with E-state index < -0.39 is 0 Å². The van der Waals surface area contributed by atoms with Crippen LogP contribution in [0.1, 0.15) is 34.5 Å². The van der Waals surface area contributed by atoms with E-state index in [1.165, 1.54) is 0 Å². The van der Waals surface area contributed by atoms with Crippen LogP contribution in [0.4, 0.5) is 0 Å². The predicted octanol–water partition coefficient (Wildman–Crippen LogP) is 2.38. The van der Waals surface area contributed by atoms with Gasteiger partial charge in [0.15, 0.2) is 5.78 Å². The number of thiophene rings is 1. The summed E-state index contributed by atoms with van der Waals surface area (Å²) in [4.78, 5) is 13.3. The van der Waals surface area contributed by atoms with Crippen LogP contribution in [0.2, 0.25) is 0 Å². The van der Waals surface area contributed by atoms with Gasteiger partial charge >= 0.3 is 0 Å². The van der Waals surface area contributed by atoms with Crippen LogP contribution in [0, 0.1) is 6.92 Å². The van der Waals surface area contributed by atoms with E-state index in [0.717, 1.165) is 29.7 Å². The van der Waals surface area contributed by atoms with E-state index in [-0.39, 0.29) is 11.3 Å². The van der Waals surface area contributed by atoms with Crippen molar-refractivity contribution in [1.82, 2.24) is 5.32 Å². The maximum Gasteiger partial charge on any atom is 0.183 e. The van der Waals surface area contributed by atoms with Crippen LogP contribution in [0.3, 0.4) is 0 Å². The molecule has 1 N–H and O–H groups in total. The van der Waals surface area contributed by atoms with E-state index in [0.29, 0.717) is 0 Å². The molecule has 0 bridgehead atoms. The maximum absolute atomic E-state index is 12.2. The van der Waals surface area contributed by atoms with E-state index in [2.05, 4.69) is 5.32 Å². The molecule has 0 atom stereocenters. The van der Waals surface area contributed by atoms with Gasteiger partial charge in [0.1, 0.15) is 0 Å². The molecule has 3 heteroatoms. The average molecular weight is 209 g/mol. The summed E-state index contributed by atoms with van der Waals surface area (Å²) in [5.41, 5.74) is 0.662. The molecule has 2 rings (SSSR count). The minimum absolute atomic E-state index is 0.244. The van der Waals surface area contributed by atoms with Crippen LogP contribution in [0.15, 0.2) is 11.4 Å². The highest BCUT2D eigenvalue weighted by Crippen LogP contribution is 2.35. The van der Waals surface area contributed by atoms with Crippen molar-refractivity contribution in [3.05, 3.63) is 21.9 Å². The third-order valence-corrected chi connectivity index (χ3v) is 4.07. The number of nitrogens with one attached hydrogen (secondary N) is 1. The molecule has 1 saturated carbocycles. The van der Waals surface area contributed by atoms with Crippen molar-refractivity contribution in [2.75, 3.05) is 7.05 Å². The quantitative estimate of drug-likeness (QED) is 0.774. The second kappa shape index (κ2) is 3.48. The van der Waals surface area contributed by atoms with Gasteiger partial charge in [-0.05, 0) is 44.7 Å². The van der Waals surface area contributed by atoms with Crippen LogP contribution in [0.5, 0.6) is 0 Å². The van der Waals surface area contributed by atoms with Crippen LogP contribution in [0.25, 0.3) is 0 Å². The molecule has 0 unspecified atom stereocenters. The molecule has 1 fully saturated rings. The number of hydrogen-bond acceptors (Lipinski definition) is 3. The minimum Gasteiger partial charge on any atom is -0.308 e. The van der Waals surface area contributed by atoms with Gasteiger partial charge < -0.3 is 5.32 Å². The van der Waals surface area contributed by atoms with Crippen LogP contribution in [-0.4, -0.2) is 18.4 Å². The number of hydrogen-bond donors (Lipinski definition) is 1. The Kier molecular flexibility index (Phi) is 2.45. The zero-order valence-electron chi connectivity index (χ0n) is 8.59. The van der Waals surface area contributed by atoms with Crippen molar-refractivity contribution < 1.29 is 4.79 Å². The summed E-state index contributed by atoms with van der Waals surface area (Å²) in [6.07, 6.45) is 3.13. The van der Waals surface area contributed by atoms with Gasteiger partial charge in [-0.25, -0.2) is 0 Å². The third kappa shape index (κ3) is 1.31. The summed E-state index contributed by atoms with van der Waals surface area (Å²) in [6.45, 7) is 2.01. The molecule has 1 heterocycles. The molecule has 1 aliphatic carbocycles. The highest BCUT2D eigenvalue weighted by molar-refractivity contribution is 7.10. The van der Waals surface area contributed by atoms with Gasteiger partial charge in [0, 0.05) is 10.4 Å². The maximum atomic E-state index is 12.2. The summed E-state index contributed by atoms with van der Waals surface area (Å²) in [7, 11) is 1.89. The van der Waals surface area contributed by atoms with Crippen LogP contribution in [-0.2, 0) is 0 Å². The highest BCUT2D eigenvalue weighted by Gasteiger charge is 2.43. The van der Waals surface area contributed by atoms with E-state index in [9.17, 15) is 4.79 Å². The number of carbonyl (C=O) groups excluding carboxylic acids is 1. The first-order chi connectivity index (χ1) is 6.69. The van der Waals surface area contributed by atoms with Crippen LogP contribution >= 0.6 is 11.3 Å². The Bertz CT molecular complexity index is 346. The highest BCUT2D eigenvalue weighted by atomic mass is 32.1. The zero-order valence-corrected chi connectivity index (χ0v) is 9.41. The average Bonchev–Trinajstić information content (AvgIpc) is 2.50. The first kappa shape index (κ1) is 9.87. The van der Waals surface area contributed by atoms with Crippen molar-refractivity contribution in [3.8, 4) is 0 Å². The molecule has 14 heavy (non-hydrogen) atoms. The SMILES string of the molecule is CNC1(C(=O)c2ccsc2C)CCC1. The lowest BCUT2D eigenvalue weighted by molar-refractivity contribution is 0.0745. The molecule has 76 valence electrons. The predicted molar refractivity (Wildman–Crippen MR) is 59.0 cm³/mol. The van der Waals surface area contributed by atoms with Gasteiger partial charge in [-0.1, -0.05) is 0 Å². The Balaban J connectivity index is 2.27. The fourth-order valence-corrected chi connectivity index (χ4v) is 2.70. The first-order valence-corrected chi connectivity index (χ1v) is 5.85. The van der Waals surface area contributed by atoms with E-state index in [1.54, 1.807) is 11.3 Å². The Morgan fingerprint density at radius 2 is 2.29 bits per heavy atom. The fraction of sp³-hybridized carbons (Fsp3) is 0.545. The molecule has 1 aromatic heterocycles. The Morgan fingerprint density at radius 1 is 1.57 bits per heavy atom. The zero-order chi connectivity index (χ0) is 10.2. The smallest absolute Gasteiger partial charge is 0.183 e. The molecule has 0 spiro atoms. The lowest BCUT2D eigenvalue weighted by atomic mass is 9.72. The van der Waals surface area contributed by atoms with Crippen molar-refractivity contribution >= 4 is 17.1 Å². The molecule has 0 saturated heterocycles. The van der Waals surface area contributed by atoms with Crippen molar-refractivity contribution in [2.24, 2.45) is 0 Å². The summed E-state index contributed by atoms with van der Waals surface area (Å²) in [5.74, 6) is 0.282. The Labute approximate surface area is 88.3 Å². The third-order valence-electron chi connectivity index (χ3n) is 3.22. The summed E-state index contributed by atoms with van der Waals surface area (Å²) in [5, 5.41) is 5.18. The largest absolute Gasteiger partial charge is 0.308 e. The minimum atomic E-state index is -0.244. The lowest BCUT2D eigenvalue weighted by Crippen LogP contribution is -2.55. The number of ketones is 1. The Morgan fingerprint density at radius 3 is 2.64 bits per heavy atom. The number of Topliss-reactive ketones (excluding diaryl/α,β-unsaturated/α-hetero) is 1. The number of carbonyl (C=O) groups is 1. The molecule has 1 aliphatic rings. The number of rotatable bonds is 3. The standard InChI is InChI=1S/C11H15NOS/c1-8-9(4-7-14-8)10(13)11(12-2)5-3-6-11/h4,7,12H,3,5-6H2,1-2H3. The summed E-state index contributed by atoms with van der Waals surface area (Å²) in [6, 6.07) is 1.94. The van der Waals surface area contributed by atoms with Crippen LogP contribution < -0.4 is 5.32 Å². The van der Waals surface area contributed by atoms with Gasteiger partial charge in [0.05, 0.1) is 5.54 Å². The lowest BCUT2D eigenvalue weighted by Gasteiger charge is -2.40. The monoisotopic (exact) mass is 209 g/mol. The summed E-state index contributed by atoms with van der Waals surface area (Å²) < 4.78 is 0. The second-order valence-electron chi connectivity index (χ2n) is 3.91. The van der Waals surface area contributed by atoms with Gasteiger partial charge in [0.2, 0.25) is 0 Å². The first-order valence-electron chi connectivity index (χ1n) is 4.97. The molecule has 1 aromatic rings. The number of aryl methyl sites for hydroxylation is 1. The van der Waals surface area contributed by atoms with Crippen molar-refractivity contribution in [3.63, 3.8) is 0 Å². The van der Waals surface area contributed by atoms with Crippen molar-refractivity contribution in [1.29, 1.82) is 0 Å². The summed E-state index contributed by atoms with van der Waals surface area (Å²) >= 11 is 1.65. The van der Waals surface area contributed by atoms with Crippen molar-refractivity contribution in [2.45, 2.75) is 31.7 Å². The molecule has 0 aliphatic heterocycles. The molecular weight excluding hydrogens is 194 g/mol. The molecule has 0 amide bonds. The van der Waals surface area contributed by atoms with Gasteiger partial charge in [-0.3, -0.25) is 4.79 Å². The topological polar surface area (TPSA) is 29.1 Å². The second-order valence-corrected chi connectivity index (χ2v) is 5.03. The van der Waals surface area contributed by atoms with Gasteiger partial charge in [0.25, 0.3) is 0 Å². The number of likely N-dealkylation sites (N-methyl/N-ethyl adjacent to an activating group) is 1. The van der Waals surface area contributed by atoms with E-state index >= 15 is 0 Å². The van der Waals surface area contributed by atoms with Gasteiger partial charge in [-0.2, -0.15) is 0 Å². The molecule has 0 radical (unpaired) electrons. The van der Waals surface area contributed by atoms with E-state index in [4.69, 9.17) is 0 Å². The fourth-order valence-electron chi connectivity index (χ4n) is 2.00. The van der Waals surface area contributed by atoms with E-state index in [1.807, 2.05) is 25.4 Å². The normalized spacial score (nSPS) is 19.0. The molecule has 2 nitrogen and oxygen atoms in total.